The first-order valence-electron chi connectivity index (χ1n) is 10.9. The molecule has 0 radical (unpaired) electrons. The van der Waals surface area contributed by atoms with E-state index >= 15 is 0 Å². The van der Waals surface area contributed by atoms with Gasteiger partial charge in [-0.1, -0.05) is 45.4 Å². The van der Waals surface area contributed by atoms with Crippen LogP contribution in [-0.2, 0) is 18.7 Å². The molecule has 172 valence electrons. The van der Waals surface area contributed by atoms with Gasteiger partial charge in [-0.05, 0) is 51.4 Å². The fourth-order valence-electron chi connectivity index (χ4n) is 3.21. The van der Waals surface area contributed by atoms with E-state index in [0.29, 0.717) is 18.6 Å². The predicted molar refractivity (Wildman–Crippen MR) is 125 cm³/mol. The number of aliphatic hydroxyl groups excluding tert-OH is 1. The second-order valence-electron chi connectivity index (χ2n) is 9.82. The lowest BCUT2D eigenvalue weighted by molar-refractivity contribution is -0.138. The summed E-state index contributed by atoms with van der Waals surface area (Å²) in [5, 5.41) is 10.4. The number of aliphatic hydroxyl groups is 1. The number of epoxide rings is 1. The maximum atomic E-state index is 11.9. The van der Waals surface area contributed by atoms with Crippen molar-refractivity contribution in [3.8, 4) is 0 Å². The predicted octanol–water partition coefficient (Wildman–Crippen LogP) is 5.17. The van der Waals surface area contributed by atoms with E-state index in [4.69, 9.17) is 13.9 Å². The van der Waals surface area contributed by atoms with Crippen LogP contribution < -0.4 is 0 Å². The van der Waals surface area contributed by atoms with Gasteiger partial charge < -0.3 is 19.0 Å². The zero-order chi connectivity index (χ0) is 23.3. The van der Waals surface area contributed by atoms with Crippen LogP contribution in [0.2, 0.25) is 18.1 Å². The minimum absolute atomic E-state index is 0.0521. The van der Waals surface area contributed by atoms with E-state index in [1.165, 1.54) is 0 Å². The summed E-state index contributed by atoms with van der Waals surface area (Å²) in [5.74, 6) is -0.249. The summed E-state index contributed by atoms with van der Waals surface area (Å²) < 4.78 is 17.7. The van der Waals surface area contributed by atoms with Crippen molar-refractivity contribution in [2.45, 2.75) is 97.4 Å². The van der Waals surface area contributed by atoms with Crippen LogP contribution in [0.4, 0.5) is 0 Å². The van der Waals surface area contributed by atoms with E-state index in [0.717, 1.165) is 5.57 Å². The van der Waals surface area contributed by atoms with Gasteiger partial charge in [-0.25, -0.2) is 4.79 Å². The van der Waals surface area contributed by atoms with Gasteiger partial charge in [0.05, 0.1) is 18.8 Å². The summed E-state index contributed by atoms with van der Waals surface area (Å²) in [5.41, 5.74) is 1.54. The Kier molecular flexibility index (Phi) is 9.74. The van der Waals surface area contributed by atoms with E-state index in [2.05, 4.69) is 53.4 Å². The third kappa shape index (κ3) is 7.48. The molecule has 1 aliphatic rings. The molecule has 0 aromatic carbocycles. The molecule has 0 aliphatic carbocycles. The standard InChI is InChI=1S/C24H42O5Si/c1-11-13-19(25)21-22(28-21)20(29-30(9,10)24(6,7)8)17(4)14-16(3)15-18(5)23(26)27-12-2/h11,14-15,17,19-22,25H,1,12-13H2,2-10H3/b16-14+,18-15+/t17-,19-,20+,21+,22+/m1/s1. The third-order valence-corrected chi connectivity index (χ3v) is 10.5. The quantitative estimate of drug-likeness (QED) is 0.120. The minimum Gasteiger partial charge on any atom is -0.463 e. The first-order chi connectivity index (χ1) is 13.7. The van der Waals surface area contributed by atoms with Gasteiger partial charge in [0, 0.05) is 11.5 Å². The molecule has 0 aromatic heterocycles. The van der Waals surface area contributed by atoms with Crippen LogP contribution in [0.3, 0.4) is 0 Å². The first-order valence-corrected chi connectivity index (χ1v) is 13.8. The number of allylic oxidation sites excluding steroid dienone is 2. The van der Waals surface area contributed by atoms with Crippen LogP contribution in [0.25, 0.3) is 0 Å². The van der Waals surface area contributed by atoms with E-state index < -0.39 is 14.4 Å². The Labute approximate surface area is 184 Å². The van der Waals surface area contributed by atoms with Crippen LogP contribution in [-0.4, -0.2) is 50.4 Å². The van der Waals surface area contributed by atoms with Crippen LogP contribution in [0.15, 0.2) is 36.0 Å². The van der Waals surface area contributed by atoms with Crippen molar-refractivity contribution in [2.24, 2.45) is 5.92 Å². The SMILES string of the molecule is C=CC[C@@H](O)[C@@H]1O[C@H]1[C@@H](O[Si](C)(C)C(C)(C)C)[C@H](C)/C=C(C)/C=C(\C)C(=O)OCC. The Hall–Kier alpha value is -1.21. The molecule has 0 unspecified atom stereocenters. The molecule has 1 fully saturated rings. The molecule has 0 saturated carbocycles. The second-order valence-corrected chi connectivity index (χ2v) is 14.6. The van der Waals surface area contributed by atoms with Gasteiger partial charge >= 0.3 is 5.97 Å². The molecular weight excluding hydrogens is 396 g/mol. The van der Waals surface area contributed by atoms with Crippen molar-refractivity contribution < 1.29 is 23.8 Å². The molecule has 0 aromatic rings. The van der Waals surface area contributed by atoms with Crippen LogP contribution in [0.5, 0.6) is 0 Å². The molecule has 1 aliphatic heterocycles. The average Bonchev–Trinajstić information content (AvgIpc) is 3.39. The van der Waals surface area contributed by atoms with Crippen molar-refractivity contribution in [3.63, 3.8) is 0 Å². The van der Waals surface area contributed by atoms with Gasteiger partial charge in [0.1, 0.15) is 12.2 Å². The molecule has 0 bridgehead atoms. The molecule has 5 nitrogen and oxygen atoms in total. The molecule has 1 rings (SSSR count). The second kappa shape index (κ2) is 10.9. The fourth-order valence-corrected chi connectivity index (χ4v) is 4.59. The Bertz CT molecular complexity index is 659. The van der Waals surface area contributed by atoms with E-state index in [9.17, 15) is 9.90 Å². The van der Waals surface area contributed by atoms with Gasteiger partial charge in [0.15, 0.2) is 8.32 Å². The summed E-state index contributed by atoms with van der Waals surface area (Å²) in [4.78, 5) is 11.9. The monoisotopic (exact) mass is 438 g/mol. The summed E-state index contributed by atoms with van der Waals surface area (Å²) >= 11 is 0. The number of hydrogen-bond acceptors (Lipinski definition) is 5. The Morgan fingerprint density at radius 3 is 2.37 bits per heavy atom. The lowest BCUT2D eigenvalue weighted by Gasteiger charge is -2.40. The highest BCUT2D eigenvalue weighted by molar-refractivity contribution is 6.74. The van der Waals surface area contributed by atoms with Crippen LogP contribution >= 0.6 is 0 Å². The summed E-state index contributed by atoms with van der Waals surface area (Å²) in [6, 6.07) is 0. The summed E-state index contributed by atoms with van der Waals surface area (Å²) in [6.07, 6.45) is 5.05. The number of ether oxygens (including phenoxy) is 2. The zero-order valence-corrected chi connectivity index (χ0v) is 21.3. The third-order valence-electron chi connectivity index (χ3n) is 6.00. The number of rotatable bonds is 11. The Balaban J connectivity index is 3.08. The smallest absolute Gasteiger partial charge is 0.333 e. The molecule has 0 spiro atoms. The molecule has 5 atom stereocenters. The Morgan fingerprint density at radius 2 is 1.87 bits per heavy atom. The average molecular weight is 439 g/mol. The summed E-state index contributed by atoms with van der Waals surface area (Å²) in [6.45, 7) is 22.8. The molecule has 0 amide bonds. The van der Waals surface area contributed by atoms with E-state index in [-0.39, 0.29) is 35.2 Å². The van der Waals surface area contributed by atoms with Gasteiger partial charge in [0.2, 0.25) is 0 Å². The van der Waals surface area contributed by atoms with E-state index in [1.54, 1.807) is 19.9 Å². The first kappa shape index (κ1) is 26.8. The molecule has 30 heavy (non-hydrogen) atoms. The topological polar surface area (TPSA) is 68.3 Å². The van der Waals surface area contributed by atoms with Gasteiger partial charge in [-0.2, -0.15) is 0 Å². The van der Waals surface area contributed by atoms with Gasteiger partial charge in [0.25, 0.3) is 0 Å². The van der Waals surface area contributed by atoms with Crippen molar-refractivity contribution in [1.82, 2.24) is 0 Å². The van der Waals surface area contributed by atoms with Crippen molar-refractivity contribution >= 4 is 14.3 Å². The van der Waals surface area contributed by atoms with Crippen molar-refractivity contribution in [1.29, 1.82) is 0 Å². The Morgan fingerprint density at radius 1 is 1.27 bits per heavy atom. The number of esters is 1. The molecule has 6 heteroatoms. The molecular formula is C24H42O5Si. The van der Waals surface area contributed by atoms with Crippen LogP contribution in [0, 0.1) is 5.92 Å². The largest absolute Gasteiger partial charge is 0.463 e. The van der Waals surface area contributed by atoms with Crippen LogP contribution in [0.1, 0.15) is 54.9 Å². The minimum atomic E-state index is -2.05. The highest BCUT2D eigenvalue weighted by Crippen LogP contribution is 2.42. The van der Waals surface area contributed by atoms with E-state index in [1.807, 2.05) is 13.0 Å². The summed E-state index contributed by atoms with van der Waals surface area (Å²) in [7, 11) is -2.05. The zero-order valence-electron chi connectivity index (χ0n) is 20.3. The molecule has 1 N–H and O–H groups in total. The number of carbonyl (C=O) groups is 1. The highest BCUT2D eigenvalue weighted by Gasteiger charge is 2.53. The lowest BCUT2D eigenvalue weighted by Crippen LogP contribution is -2.47. The number of hydrogen-bond donors (Lipinski definition) is 1. The van der Waals surface area contributed by atoms with Crippen molar-refractivity contribution in [3.05, 3.63) is 36.0 Å². The molecule has 1 saturated heterocycles. The normalized spacial score (nSPS) is 23.5. The maximum absolute atomic E-state index is 11.9. The van der Waals surface area contributed by atoms with Gasteiger partial charge in [-0.15, -0.1) is 6.58 Å². The van der Waals surface area contributed by atoms with Gasteiger partial charge in [-0.3, -0.25) is 0 Å². The highest BCUT2D eigenvalue weighted by atomic mass is 28.4. The lowest BCUT2D eigenvalue weighted by atomic mass is 9.95. The molecule has 1 heterocycles. The number of carbonyl (C=O) groups excluding carboxylic acids is 1. The fraction of sp³-hybridized carbons (Fsp3) is 0.708. The van der Waals surface area contributed by atoms with Crippen molar-refractivity contribution in [2.75, 3.05) is 6.61 Å². The maximum Gasteiger partial charge on any atom is 0.333 e.